The lowest BCUT2D eigenvalue weighted by Gasteiger charge is -2.12. The largest absolute Gasteiger partial charge is 0.489 e. The predicted molar refractivity (Wildman–Crippen MR) is 99.8 cm³/mol. The number of hydrogen-bond donors (Lipinski definition) is 1. The molecule has 3 aromatic rings. The first kappa shape index (κ1) is 16.6. The van der Waals surface area contributed by atoms with Crippen LogP contribution in [0, 0.1) is 0 Å². The van der Waals surface area contributed by atoms with Crippen LogP contribution in [0.4, 0.5) is 0 Å². The molecule has 0 radical (unpaired) electrons. The monoisotopic (exact) mass is 332 g/mol. The highest BCUT2D eigenvalue weighted by Crippen LogP contribution is 2.25. The van der Waals surface area contributed by atoms with E-state index in [1.54, 1.807) is 6.21 Å². The van der Waals surface area contributed by atoms with E-state index in [2.05, 4.69) is 5.10 Å². The van der Waals surface area contributed by atoms with Crippen LogP contribution in [0.1, 0.15) is 16.7 Å². The number of ether oxygens (including phenoxy) is 2. The lowest BCUT2D eigenvalue weighted by atomic mass is 10.2. The van der Waals surface area contributed by atoms with E-state index in [9.17, 15) is 0 Å². The Morgan fingerprint density at radius 2 is 1.36 bits per heavy atom. The Labute approximate surface area is 147 Å². The molecule has 0 unspecified atom stereocenters. The van der Waals surface area contributed by atoms with Crippen molar-refractivity contribution in [1.29, 1.82) is 0 Å². The second kappa shape index (κ2) is 8.55. The number of hydrogen-bond acceptors (Lipinski definition) is 4. The van der Waals surface area contributed by atoms with Crippen molar-refractivity contribution in [3.63, 3.8) is 0 Å². The van der Waals surface area contributed by atoms with Crippen LogP contribution in [0.25, 0.3) is 0 Å². The van der Waals surface area contributed by atoms with E-state index in [1.165, 1.54) is 0 Å². The van der Waals surface area contributed by atoms with Gasteiger partial charge in [-0.05, 0) is 23.3 Å². The third-order valence-corrected chi connectivity index (χ3v) is 3.68. The van der Waals surface area contributed by atoms with Gasteiger partial charge in [0.1, 0.15) is 24.7 Å². The van der Waals surface area contributed by atoms with Gasteiger partial charge in [0.25, 0.3) is 0 Å². The Hall–Kier alpha value is -3.27. The van der Waals surface area contributed by atoms with Crippen LogP contribution in [0.15, 0.2) is 84.0 Å². The second-order valence-electron chi connectivity index (χ2n) is 5.53. The maximum atomic E-state index is 5.94. The summed E-state index contributed by atoms with van der Waals surface area (Å²) in [6.45, 7) is 0.970. The van der Waals surface area contributed by atoms with Gasteiger partial charge in [0.2, 0.25) is 0 Å². The minimum absolute atomic E-state index is 0.467. The Balaban J connectivity index is 1.72. The lowest BCUT2D eigenvalue weighted by Crippen LogP contribution is -2.01. The summed E-state index contributed by atoms with van der Waals surface area (Å²) < 4.78 is 11.8. The topological polar surface area (TPSA) is 56.8 Å². The summed E-state index contributed by atoms with van der Waals surface area (Å²) in [6, 6.07) is 25.7. The van der Waals surface area contributed by atoms with Crippen molar-refractivity contribution in [2.45, 2.75) is 13.2 Å². The minimum atomic E-state index is 0.467. The zero-order chi connectivity index (χ0) is 17.3. The van der Waals surface area contributed by atoms with Gasteiger partial charge in [0.15, 0.2) is 0 Å². The van der Waals surface area contributed by atoms with E-state index in [4.69, 9.17) is 15.3 Å². The van der Waals surface area contributed by atoms with Crippen LogP contribution in [0.5, 0.6) is 11.5 Å². The summed E-state index contributed by atoms with van der Waals surface area (Å²) in [5, 5.41) is 3.60. The van der Waals surface area contributed by atoms with Gasteiger partial charge in [0.05, 0.1) is 6.21 Å². The van der Waals surface area contributed by atoms with E-state index in [0.29, 0.717) is 19.0 Å². The summed E-state index contributed by atoms with van der Waals surface area (Å²) in [7, 11) is 0. The highest BCUT2D eigenvalue weighted by Gasteiger charge is 2.06. The fraction of sp³-hybridized carbons (Fsp3) is 0.0952. The number of nitrogens with zero attached hydrogens (tertiary/aromatic N) is 1. The van der Waals surface area contributed by atoms with Crippen molar-refractivity contribution >= 4 is 6.21 Å². The van der Waals surface area contributed by atoms with Gasteiger partial charge in [0, 0.05) is 11.6 Å². The van der Waals surface area contributed by atoms with Crippen molar-refractivity contribution in [3.8, 4) is 11.5 Å². The van der Waals surface area contributed by atoms with Crippen molar-refractivity contribution in [2.75, 3.05) is 0 Å². The van der Waals surface area contributed by atoms with Gasteiger partial charge in [-0.25, -0.2) is 0 Å². The SMILES string of the molecule is NN=Cc1ccc(OCc2ccccc2)cc1OCc1ccccc1. The number of nitrogens with two attached hydrogens (primary N) is 1. The summed E-state index contributed by atoms with van der Waals surface area (Å²) in [5.74, 6) is 6.71. The smallest absolute Gasteiger partial charge is 0.132 e. The molecule has 3 rings (SSSR count). The molecule has 3 aromatic carbocycles. The molecule has 0 saturated heterocycles. The predicted octanol–water partition coefficient (Wildman–Crippen LogP) is 4.14. The number of benzene rings is 3. The normalized spacial score (nSPS) is 10.7. The van der Waals surface area contributed by atoms with Gasteiger partial charge in [-0.15, -0.1) is 0 Å². The van der Waals surface area contributed by atoms with Gasteiger partial charge in [-0.3, -0.25) is 0 Å². The molecule has 0 aromatic heterocycles. The third-order valence-electron chi connectivity index (χ3n) is 3.68. The Morgan fingerprint density at radius 1 is 0.760 bits per heavy atom. The molecule has 0 aliphatic heterocycles. The van der Waals surface area contributed by atoms with Crippen LogP contribution >= 0.6 is 0 Å². The number of rotatable bonds is 7. The quantitative estimate of drug-likeness (QED) is 0.402. The average Bonchev–Trinajstić information content (AvgIpc) is 2.68. The summed E-state index contributed by atoms with van der Waals surface area (Å²) in [5.41, 5.74) is 3.01. The maximum absolute atomic E-state index is 5.94. The molecule has 0 aliphatic rings. The Bertz CT molecular complexity index is 818. The van der Waals surface area contributed by atoms with E-state index in [0.717, 1.165) is 22.4 Å². The first-order valence-corrected chi connectivity index (χ1v) is 8.06. The third kappa shape index (κ3) is 4.85. The Morgan fingerprint density at radius 3 is 1.96 bits per heavy atom. The molecule has 0 saturated carbocycles. The van der Waals surface area contributed by atoms with Crippen molar-refractivity contribution < 1.29 is 9.47 Å². The Kier molecular flexibility index (Phi) is 5.67. The summed E-state index contributed by atoms with van der Waals surface area (Å²) in [6.07, 6.45) is 1.57. The van der Waals surface area contributed by atoms with Crippen LogP contribution in [0.3, 0.4) is 0 Å². The molecule has 0 atom stereocenters. The highest BCUT2D eigenvalue weighted by molar-refractivity contribution is 5.83. The molecule has 126 valence electrons. The van der Waals surface area contributed by atoms with E-state index in [-0.39, 0.29) is 0 Å². The van der Waals surface area contributed by atoms with E-state index < -0.39 is 0 Å². The molecule has 0 fully saturated rings. The molecular weight excluding hydrogens is 312 g/mol. The van der Waals surface area contributed by atoms with E-state index >= 15 is 0 Å². The van der Waals surface area contributed by atoms with Crippen molar-refractivity contribution in [1.82, 2.24) is 0 Å². The molecule has 4 nitrogen and oxygen atoms in total. The summed E-state index contributed by atoms with van der Waals surface area (Å²) >= 11 is 0. The van der Waals surface area contributed by atoms with E-state index in [1.807, 2.05) is 78.9 Å². The molecule has 0 aliphatic carbocycles. The van der Waals surface area contributed by atoms with Crippen LogP contribution in [0.2, 0.25) is 0 Å². The molecule has 0 heterocycles. The highest BCUT2D eigenvalue weighted by atomic mass is 16.5. The second-order valence-corrected chi connectivity index (χ2v) is 5.53. The zero-order valence-electron chi connectivity index (χ0n) is 13.8. The molecular formula is C21H20N2O2. The average molecular weight is 332 g/mol. The maximum Gasteiger partial charge on any atom is 0.132 e. The van der Waals surface area contributed by atoms with Gasteiger partial charge in [-0.1, -0.05) is 60.7 Å². The van der Waals surface area contributed by atoms with Gasteiger partial charge < -0.3 is 15.3 Å². The fourth-order valence-electron chi connectivity index (χ4n) is 2.39. The summed E-state index contributed by atoms with van der Waals surface area (Å²) in [4.78, 5) is 0. The van der Waals surface area contributed by atoms with Crippen molar-refractivity contribution in [3.05, 3.63) is 95.6 Å². The van der Waals surface area contributed by atoms with Crippen molar-refractivity contribution in [2.24, 2.45) is 10.9 Å². The van der Waals surface area contributed by atoms with Crippen LogP contribution < -0.4 is 15.3 Å². The zero-order valence-corrected chi connectivity index (χ0v) is 13.8. The molecule has 4 heteroatoms. The van der Waals surface area contributed by atoms with Gasteiger partial charge in [-0.2, -0.15) is 5.10 Å². The number of hydrazone groups is 1. The lowest BCUT2D eigenvalue weighted by molar-refractivity contribution is 0.289. The molecule has 2 N–H and O–H groups in total. The van der Waals surface area contributed by atoms with Gasteiger partial charge >= 0.3 is 0 Å². The molecule has 25 heavy (non-hydrogen) atoms. The standard InChI is InChI=1S/C21H20N2O2/c22-23-14-19-11-12-20(24-15-17-7-3-1-4-8-17)13-21(19)25-16-18-9-5-2-6-10-18/h1-14H,15-16,22H2. The molecule has 0 amide bonds. The molecule has 0 bridgehead atoms. The van der Waals surface area contributed by atoms with Crippen LogP contribution in [-0.4, -0.2) is 6.21 Å². The first-order chi connectivity index (χ1) is 12.3. The molecule has 0 spiro atoms. The first-order valence-electron chi connectivity index (χ1n) is 8.06. The van der Waals surface area contributed by atoms with Crippen LogP contribution in [-0.2, 0) is 13.2 Å². The fourth-order valence-corrected chi connectivity index (χ4v) is 2.39. The minimum Gasteiger partial charge on any atom is -0.489 e.